The highest BCUT2D eigenvalue weighted by Crippen LogP contribution is 2.28. The first-order valence-corrected chi connectivity index (χ1v) is 11.7. The molecule has 34 heavy (non-hydrogen) atoms. The minimum absolute atomic E-state index is 0.233. The Balaban J connectivity index is 1.68. The second-order valence-electron chi connectivity index (χ2n) is 9.68. The van der Waals surface area contributed by atoms with E-state index in [1.165, 1.54) is 23.3 Å². The molecule has 1 aliphatic rings. The smallest absolute Gasteiger partial charge is 0.308 e. The Morgan fingerprint density at radius 3 is 2.47 bits per heavy atom. The molecular formula is C27H34N2O5. The third kappa shape index (κ3) is 6.23. The molecule has 2 unspecified atom stereocenters. The predicted octanol–water partition coefficient (Wildman–Crippen LogP) is 4.15. The van der Waals surface area contributed by atoms with Gasteiger partial charge in [-0.2, -0.15) is 0 Å². The van der Waals surface area contributed by atoms with Gasteiger partial charge in [-0.3, -0.25) is 24.7 Å². The van der Waals surface area contributed by atoms with E-state index in [-0.39, 0.29) is 12.2 Å². The van der Waals surface area contributed by atoms with Gasteiger partial charge >= 0.3 is 5.97 Å². The first kappa shape index (κ1) is 25.4. The van der Waals surface area contributed by atoms with E-state index in [1.54, 1.807) is 26.8 Å². The molecule has 0 aromatic heterocycles. The number of ether oxygens (including phenoxy) is 1. The van der Waals surface area contributed by atoms with Crippen molar-refractivity contribution >= 4 is 28.4 Å². The number of aryl methyl sites for hydroxylation is 1. The number of amides is 1. The van der Waals surface area contributed by atoms with Crippen LogP contribution in [0.15, 0.2) is 54.2 Å². The summed E-state index contributed by atoms with van der Waals surface area (Å²) in [5.74, 6) is -1.33. The lowest BCUT2D eigenvalue weighted by molar-refractivity contribution is -0.157. The summed E-state index contributed by atoms with van der Waals surface area (Å²) in [5.41, 5.74) is 2.99. The molecule has 2 N–H and O–H groups in total. The molecule has 2 aromatic rings. The first-order chi connectivity index (χ1) is 16.0. The topological polar surface area (TPSA) is 93.7 Å². The lowest BCUT2D eigenvalue weighted by atomic mass is 9.95. The molecule has 1 aliphatic heterocycles. The number of benzene rings is 2. The Morgan fingerprint density at radius 2 is 1.79 bits per heavy atom. The second-order valence-corrected chi connectivity index (χ2v) is 9.68. The molecule has 182 valence electrons. The highest BCUT2D eigenvalue weighted by Gasteiger charge is 2.42. The van der Waals surface area contributed by atoms with Crippen molar-refractivity contribution in [1.82, 2.24) is 10.8 Å². The third-order valence-electron chi connectivity index (χ3n) is 5.81. The molecule has 0 radical (unpaired) electrons. The summed E-state index contributed by atoms with van der Waals surface area (Å²) >= 11 is 0. The van der Waals surface area contributed by atoms with Crippen molar-refractivity contribution in [2.24, 2.45) is 0 Å². The summed E-state index contributed by atoms with van der Waals surface area (Å²) in [6, 6.07) is 13.5. The molecule has 1 heterocycles. The zero-order valence-electron chi connectivity index (χ0n) is 20.6. The van der Waals surface area contributed by atoms with Gasteiger partial charge in [0, 0.05) is 5.70 Å². The van der Waals surface area contributed by atoms with Crippen LogP contribution in [0.5, 0.6) is 0 Å². The van der Waals surface area contributed by atoms with Gasteiger partial charge in [0.25, 0.3) is 5.91 Å². The van der Waals surface area contributed by atoms with Gasteiger partial charge in [-0.05, 0) is 69.4 Å². The number of hydroxylamine groups is 1. The highest BCUT2D eigenvalue weighted by atomic mass is 16.7. The summed E-state index contributed by atoms with van der Waals surface area (Å²) in [4.78, 5) is 43.2. The quantitative estimate of drug-likeness (QED) is 0.540. The number of hydrogen-bond donors (Lipinski definition) is 2. The number of carbonyl (C=O) groups is 3. The van der Waals surface area contributed by atoms with E-state index in [0.29, 0.717) is 12.8 Å². The predicted molar refractivity (Wildman–Crippen MR) is 131 cm³/mol. The van der Waals surface area contributed by atoms with Gasteiger partial charge in [0.05, 0.1) is 12.5 Å². The Labute approximate surface area is 200 Å². The molecule has 2 aromatic carbocycles. The molecule has 2 atom stereocenters. The lowest BCUT2D eigenvalue weighted by Crippen LogP contribution is -2.52. The van der Waals surface area contributed by atoms with Crippen molar-refractivity contribution in [1.29, 1.82) is 0 Å². The molecule has 1 amide bonds. The van der Waals surface area contributed by atoms with Crippen LogP contribution < -0.4 is 10.8 Å². The van der Waals surface area contributed by atoms with Crippen LogP contribution in [0, 0.1) is 0 Å². The summed E-state index contributed by atoms with van der Waals surface area (Å²) in [5, 5.41) is 5.08. The minimum atomic E-state index is -1.25. The number of ketones is 1. The Bertz CT molecular complexity index is 1100. The van der Waals surface area contributed by atoms with Crippen molar-refractivity contribution in [3.05, 3.63) is 59.8 Å². The monoisotopic (exact) mass is 466 g/mol. The normalized spacial score (nSPS) is 18.7. The molecule has 0 saturated heterocycles. The van der Waals surface area contributed by atoms with E-state index in [1.807, 2.05) is 25.1 Å². The van der Waals surface area contributed by atoms with E-state index >= 15 is 0 Å². The van der Waals surface area contributed by atoms with Crippen molar-refractivity contribution in [2.75, 3.05) is 0 Å². The standard InChI is InChI=1S/C27H34N2O5/c1-6-27(25(32)28-23(18(2)30)16-24(31)33-26(3,4)5)17-21(29-34-27)15-14-20-12-9-11-19-10-7-8-13-22(19)20/h7-13,17,23,29H,6,14-16H2,1-5H3,(H,28,32). The van der Waals surface area contributed by atoms with Crippen molar-refractivity contribution < 1.29 is 24.0 Å². The molecule has 0 saturated carbocycles. The zero-order valence-corrected chi connectivity index (χ0v) is 20.6. The van der Waals surface area contributed by atoms with E-state index in [4.69, 9.17) is 9.57 Å². The van der Waals surface area contributed by atoms with E-state index in [9.17, 15) is 14.4 Å². The Morgan fingerprint density at radius 1 is 1.09 bits per heavy atom. The average Bonchev–Trinajstić information content (AvgIpc) is 3.20. The third-order valence-corrected chi connectivity index (χ3v) is 5.81. The lowest BCUT2D eigenvalue weighted by Gasteiger charge is -2.26. The Kier molecular flexibility index (Phi) is 7.77. The number of fused-ring (bicyclic) bond motifs is 1. The highest BCUT2D eigenvalue weighted by molar-refractivity contribution is 5.94. The van der Waals surface area contributed by atoms with Gasteiger partial charge in [-0.15, -0.1) is 0 Å². The number of hydrogen-bond acceptors (Lipinski definition) is 6. The molecule has 0 bridgehead atoms. The van der Waals surface area contributed by atoms with Crippen molar-refractivity contribution in [3.63, 3.8) is 0 Å². The van der Waals surface area contributed by atoms with Crippen LogP contribution in [0.1, 0.15) is 59.4 Å². The number of rotatable bonds is 9. The molecule has 3 rings (SSSR count). The van der Waals surface area contributed by atoms with Crippen molar-refractivity contribution in [2.45, 2.75) is 77.5 Å². The number of Topliss-reactive ketones (excluding diaryl/α,β-unsaturated/α-hetero) is 1. The van der Waals surface area contributed by atoms with E-state index in [0.717, 1.165) is 12.1 Å². The largest absolute Gasteiger partial charge is 0.460 e. The summed E-state index contributed by atoms with van der Waals surface area (Å²) < 4.78 is 5.30. The van der Waals surface area contributed by atoms with Gasteiger partial charge in [0.2, 0.25) is 0 Å². The number of carbonyl (C=O) groups excluding carboxylic acids is 3. The van der Waals surface area contributed by atoms with Crippen LogP contribution in [0.3, 0.4) is 0 Å². The van der Waals surface area contributed by atoms with Crippen LogP contribution in [0.4, 0.5) is 0 Å². The SMILES string of the molecule is CCC1(C(=O)NC(CC(=O)OC(C)(C)C)C(C)=O)C=C(CCc2cccc3ccccc23)NO1. The van der Waals surface area contributed by atoms with Crippen LogP contribution >= 0.6 is 0 Å². The van der Waals surface area contributed by atoms with Crippen LogP contribution in [0.2, 0.25) is 0 Å². The van der Waals surface area contributed by atoms with Gasteiger partial charge in [-0.1, -0.05) is 49.4 Å². The van der Waals surface area contributed by atoms with Gasteiger partial charge in [0.1, 0.15) is 5.60 Å². The molecule has 0 spiro atoms. The number of esters is 1. The maximum atomic E-state index is 13.1. The van der Waals surface area contributed by atoms with Crippen LogP contribution in [0.25, 0.3) is 10.8 Å². The van der Waals surface area contributed by atoms with Gasteiger partial charge in [0.15, 0.2) is 11.4 Å². The summed E-state index contributed by atoms with van der Waals surface area (Å²) in [6.45, 7) is 8.43. The van der Waals surface area contributed by atoms with E-state index < -0.39 is 29.1 Å². The summed E-state index contributed by atoms with van der Waals surface area (Å²) in [7, 11) is 0. The second kappa shape index (κ2) is 10.4. The van der Waals surface area contributed by atoms with E-state index in [2.05, 4.69) is 35.1 Å². The maximum absolute atomic E-state index is 13.1. The molecule has 0 fully saturated rings. The molecule has 7 nitrogen and oxygen atoms in total. The van der Waals surface area contributed by atoms with Gasteiger partial charge in [-0.25, -0.2) is 0 Å². The average molecular weight is 467 g/mol. The Hall–Kier alpha value is -3.19. The van der Waals surface area contributed by atoms with Crippen LogP contribution in [-0.4, -0.2) is 34.9 Å². The molecule has 7 heteroatoms. The van der Waals surface area contributed by atoms with Gasteiger partial charge < -0.3 is 10.1 Å². The maximum Gasteiger partial charge on any atom is 0.308 e. The fourth-order valence-corrected chi connectivity index (χ4v) is 3.97. The fourth-order valence-electron chi connectivity index (χ4n) is 3.97. The molecular weight excluding hydrogens is 432 g/mol. The van der Waals surface area contributed by atoms with Crippen molar-refractivity contribution in [3.8, 4) is 0 Å². The fraction of sp³-hybridized carbons (Fsp3) is 0.444. The first-order valence-electron chi connectivity index (χ1n) is 11.7. The summed E-state index contributed by atoms with van der Waals surface area (Å²) in [6.07, 6.45) is 3.35. The molecule has 0 aliphatic carbocycles. The number of nitrogens with one attached hydrogen (secondary N) is 2. The minimum Gasteiger partial charge on any atom is -0.460 e. The number of allylic oxidation sites excluding steroid dienone is 1. The van der Waals surface area contributed by atoms with Crippen LogP contribution in [-0.2, 0) is 30.4 Å². The zero-order chi connectivity index (χ0) is 24.9.